The number of amidine groups is 1. The van der Waals surface area contributed by atoms with Gasteiger partial charge in [-0.2, -0.15) is 0 Å². The molecule has 2 N–H and O–H groups in total. The minimum absolute atomic E-state index is 0.125. The maximum Gasteiger partial charge on any atom is 0.136 e. The first kappa shape index (κ1) is 27.4. The second-order valence-corrected chi connectivity index (χ2v) is 13.5. The standard InChI is InChI=1S/C43H29N3OS/c1-3-12-27(13-4-1)41-44-42(28-14-5-2-6-15-28)46-43(45-41)30-24-33(39-32-17-9-10-18-35(32)47-36(39)25-30)29-20-21-37-34(23-29)40-31-16-8-7-11-26(31)19-22-38(40)48-37/h1-25,41-42,44H,(H,45,46). The minimum atomic E-state index is -0.218. The summed E-state index contributed by atoms with van der Waals surface area (Å²) in [6, 6.07) is 53.8. The quantitative estimate of drug-likeness (QED) is 0.202. The van der Waals surface area contributed by atoms with Crippen molar-refractivity contribution in [2.75, 3.05) is 0 Å². The zero-order chi connectivity index (χ0) is 31.6. The summed E-state index contributed by atoms with van der Waals surface area (Å²) in [4.78, 5) is 5.26. The molecule has 48 heavy (non-hydrogen) atoms. The van der Waals surface area contributed by atoms with Crippen LogP contribution >= 0.6 is 11.3 Å². The van der Waals surface area contributed by atoms with Gasteiger partial charge in [0.25, 0.3) is 0 Å². The molecule has 2 atom stereocenters. The molecule has 2 unspecified atom stereocenters. The normalized spacial score (nSPS) is 16.5. The van der Waals surface area contributed by atoms with Gasteiger partial charge in [-0.25, -0.2) is 4.99 Å². The molecule has 0 aliphatic carbocycles. The Balaban J connectivity index is 1.21. The second-order valence-electron chi connectivity index (χ2n) is 12.4. The van der Waals surface area contributed by atoms with Crippen molar-refractivity contribution in [1.82, 2.24) is 10.6 Å². The van der Waals surface area contributed by atoms with Gasteiger partial charge in [-0.3, -0.25) is 5.32 Å². The fourth-order valence-corrected chi connectivity index (χ4v) is 8.36. The SMILES string of the molecule is c1ccc(C2N=C(c3cc(-c4ccc5sc6ccc7ccccc7c6c5c4)c4c(c3)oc3ccccc34)NC(c3ccccc3)N2)cc1. The summed E-state index contributed by atoms with van der Waals surface area (Å²) in [5.74, 6) is 0.827. The lowest BCUT2D eigenvalue weighted by molar-refractivity contribution is 0.409. The summed E-state index contributed by atoms with van der Waals surface area (Å²) in [6.07, 6.45) is -0.343. The average molecular weight is 636 g/mol. The Hall–Kier alpha value is -5.75. The van der Waals surface area contributed by atoms with Gasteiger partial charge in [-0.1, -0.05) is 115 Å². The van der Waals surface area contributed by atoms with E-state index in [1.165, 1.54) is 30.9 Å². The molecule has 10 rings (SSSR count). The molecule has 0 bridgehead atoms. The molecule has 7 aromatic carbocycles. The van der Waals surface area contributed by atoms with E-state index in [-0.39, 0.29) is 12.3 Å². The number of rotatable bonds is 4. The Labute approximate surface area is 281 Å². The van der Waals surface area contributed by atoms with E-state index >= 15 is 0 Å². The number of thiophene rings is 1. The van der Waals surface area contributed by atoms with E-state index in [2.05, 4.69) is 144 Å². The molecule has 0 spiro atoms. The zero-order valence-electron chi connectivity index (χ0n) is 25.9. The van der Waals surface area contributed by atoms with Gasteiger partial charge in [-0.05, 0) is 69.4 Å². The highest BCUT2D eigenvalue weighted by molar-refractivity contribution is 7.26. The van der Waals surface area contributed by atoms with Crippen molar-refractivity contribution >= 4 is 70.1 Å². The molecule has 0 radical (unpaired) electrons. The summed E-state index contributed by atoms with van der Waals surface area (Å²) in [5, 5.41) is 14.8. The molecular weight excluding hydrogens is 607 g/mol. The van der Waals surface area contributed by atoms with Gasteiger partial charge < -0.3 is 9.73 Å². The van der Waals surface area contributed by atoms with E-state index in [0.29, 0.717) is 0 Å². The Kier molecular flexibility index (Phi) is 6.22. The maximum atomic E-state index is 6.57. The molecule has 1 aliphatic rings. The molecule has 5 heteroatoms. The summed E-state index contributed by atoms with van der Waals surface area (Å²) in [7, 11) is 0. The first-order valence-electron chi connectivity index (χ1n) is 16.3. The lowest BCUT2D eigenvalue weighted by atomic mass is 9.94. The van der Waals surface area contributed by atoms with Crippen LogP contribution in [0.25, 0.3) is 64.0 Å². The highest BCUT2D eigenvalue weighted by atomic mass is 32.1. The van der Waals surface area contributed by atoms with E-state index in [1.54, 1.807) is 0 Å². The molecule has 0 saturated heterocycles. The molecule has 2 aromatic heterocycles. The van der Waals surface area contributed by atoms with Gasteiger partial charge in [0.1, 0.15) is 29.3 Å². The highest BCUT2D eigenvalue weighted by Gasteiger charge is 2.27. The third-order valence-corrected chi connectivity index (χ3v) is 10.7. The number of benzene rings is 7. The van der Waals surface area contributed by atoms with Crippen molar-refractivity contribution in [3.8, 4) is 11.1 Å². The highest BCUT2D eigenvalue weighted by Crippen LogP contribution is 2.43. The molecule has 0 fully saturated rings. The number of fused-ring (bicyclic) bond motifs is 8. The Bertz CT molecular complexity index is 2690. The van der Waals surface area contributed by atoms with E-state index in [0.717, 1.165) is 55.6 Å². The third kappa shape index (κ3) is 4.43. The Morgan fingerprint density at radius 1 is 0.542 bits per heavy atom. The molecule has 3 heterocycles. The monoisotopic (exact) mass is 635 g/mol. The van der Waals surface area contributed by atoms with E-state index in [1.807, 2.05) is 29.5 Å². The number of furan rings is 1. The Morgan fingerprint density at radius 2 is 1.27 bits per heavy atom. The van der Waals surface area contributed by atoms with E-state index in [4.69, 9.17) is 9.41 Å². The van der Waals surface area contributed by atoms with Crippen LogP contribution < -0.4 is 10.6 Å². The molecule has 0 amide bonds. The van der Waals surface area contributed by atoms with Crippen molar-refractivity contribution in [2.24, 2.45) is 4.99 Å². The lowest BCUT2D eigenvalue weighted by Gasteiger charge is -2.32. The number of nitrogens with one attached hydrogen (secondary N) is 2. The molecule has 9 aromatic rings. The smallest absolute Gasteiger partial charge is 0.136 e. The van der Waals surface area contributed by atoms with E-state index < -0.39 is 0 Å². The van der Waals surface area contributed by atoms with Crippen LogP contribution in [-0.2, 0) is 0 Å². The number of para-hydroxylation sites is 1. The molecular formula is C43H29N3OS. The maximum absolute atomic E-state index is 6.57. The predicted octanol–water partition coefficient (Wildman–Crippen LogP) is 11.1. The first-order valence-corrected chi connectivity index (χ1v) is 17.1. The van der Waals surface area contributed by atoms with Gasteiger partial charge in [0.2, 0.25) is 0 Å². The van der Waals surface area contributed by atoms with Crippen LogP contribution in [0.15, 0.2) is 161 Å². The van der Waals surface area contributed by atoms with Crippen LogP contribution in [0.3, 0.4) is 0 Å². The molecule has 0 saturated carbocycles. The number of hydrogen-bond acceptors (Lipinski definition) is 5. The number of nitrogens with zero attached hydrogens (tertiary/aromatic N) is 1. The van der Waals surface area contributed by atoms with Crippen LogP contribution in [0.2, 0.25) is 0 Å². The second kappa shape index (κ2) is 10.9. The predicted molar refractivity (Wildman–Crippen MR) is 201 cm³/mol. The van der Waals surface area contributed by atoms with Crippen molar-refractivity contribution in [1.29, 1.82) is 0 Å². The van der Waals surface area contributed by atoms with Gasteiger partial charge >= 0.3 is 0 Å². The third-order valence-electron chi connectivity index (χ3n) is 9.53. The number of aliphatic imine (C=N–C) groups is 1. The number of hydrogen-bond donors (Lipinski definition) is 2. The fraction of sp³-hybridized carbons (Fsp3) is 0.0465. The average Bonchev–Trinajstić information content (AvgIpc) is 3.73. The topological polar surface area (TPSA) is 49.6 Å². The van der Waals surface area contributed by atoms with Crippen molar-refractivity contribution < 1.29 is 4.42 Å². The summed E-state index contributed by atoms with van der Waals surface area (Å²) in [5.41, 5.74) is 7.26. The van der Waals surface area contributed by atoms with Gasteiger partial charge in [0.15, 0.2) is 0 Å². The summed E-state index contributed by atoms with van der Waals surface area (Å²) >= 11 is 1.86. The first-order chi connectivity index (χ1) is 23.8. The Morgan fingerprint density at radius 3 is 2.12 bits per heavy atom. The van der Waals surface area contributed by atoms with Crippen LogP contribution in [0.1, 0.15) is 29.0 Å². The fourth-order valence-electron chi connectivity index (χ4n) is 7.26. The van der Waals surface area contributed by atoms with Crippen LogP contribution in [0.4, 0.5) is 0 Å². The van der Waals surface area contributed by atoms with Crippen LogP contribution in [-0.4, -0.2) is 5.84 Å². The van der Waals surface area contributed by atoms with Crippen molar-refractivity contribution in [3.63, 3.8) is 0 Å². The summed E-state index contributed by atoms with van der Waals surface area (Å²) in [6.45, 7) is 0. The van der Waals surface area contributed by atoms with Gasteiger partial charge in [-0.15, -0.1) is 11.3 Å². The molecule has 4 nitrogen and oxygen atoms in total. The largest absolute Gasteiger partial charge is 0.456 e. The molecule has 1 aliphatic heterocycles. The van der Waals surface area contributed by atoms with Crippen molar-refractivity contribution in [3.05, 3.63) is 168 Å². The molecule has 228 valence electrons. The van der Waals surface area contributed by atoms with Crippen LogP contribution in [0, 0.1) is 0 Å². The summed E-state index contributed by atoms with van der Waals surface area (Å²) < 4.78 is 9.17. The van der Waals surface area contributed by atoms with Gasteiger partial charge in [0.05, 0.1) is 0 Å². The zero-order valence-corrected chi connectivity index (χ0v) is 26.7. The van der Waals surface area contributed by atoms with Crippen molar-refractivity contribution in [2.45, 2.75) is 12.3 Å². The van der Waals surface area contributed by atoms with Gasteiger partial charge in [0, 0.05) is 36.5 Å². The lowest BCUT2D eigenvalue weighted by Crippen LogP contribution is -2.44. The van der Waals surface area contributed by atoms with Crippen LogP contribution in [0.5, 0.6) is 0 Å². The minimum Gasteiger partial charge on any atom is -0.456 e. The van der Waals surface area contributed by atoms with E-state index in [9.17, 15) is 0 Å².